The molecule has 1 aromatic heterocycles. The predicted octanol–water partition coefficient (Wildman–Crippen LogP) is 2.87. The maximum atomic E-state index is 11.8. The van der Waals surface area contributed by atoms with Crippen molar-refractivity contribution in [2.45, 2.75) is 26.4 Å². The zero-order valence-electron chi connectivity index (χ0n) is 12.1. The molecular weight excluding hydrogens is 286 g/mol. The van der Waals surface area contributed by atoms with E-state index >= 15 is 0 Å². The van der Waals surface area contributed by atoms with E-state index in [1.165, 1.54) is 11.3 Å². The van der Waals surface area contributed by atoms with Crippen LogP contribution in [0.2, 0.25) is 0 Å². The Balaban J connectivity index is 1.85. The Kier molecular flexibility index (Phi) is 5.30. The monoisotopic (exact) mass is 305 g/mol. The lowest BCUT2D eigenvalue weighted by molar-refractivity contribution is 0.174. The molecule has 0 fully saturated rings. The Labute approximate surface area is 128 Å². The molecule has 5 nitrogen and oxygen atoms in total. The Bertz CT molecular complexity index is 612. The molecule has 3 N–H and O–H groups in total. The van der Waals surface area contributed by atoms with Gasteiger partial charge in [-0.05, 0) is 24.5 Å². The Morgan fingerprint density at radius 3 is 2.86 bits per heavy atom. The van der Waals surface area contributed by atoms with Crippen LogP contribution in [0.4, 0.5) is 9.93 Å². The van der Waals surface area contributed by atoms with Gasteiger partial charge in [0.1, 0.15) is 0 Å². The SMILES string of the molecule is CCc1csc(NC(=O)NCC(O)c2ccccc2C)n1. The fraction of sp³-hybridized carbons (Fsp3) is 0.333. The van der Waals surface area contributed by atoms with Crippen LogP contribution in [0, 0.1) is 6.92 Å². The molecule has 0 radical (unpaired) electrons. The number of rotatable bonds is 5. The second kappa shape index (κ2) is 7.19. The third kappa shape index (κ3) is 4.27. The fourth-order valence-electron chi connectivity index (χ4n) is 1.93. The van der Waals surface area contributed by atoms with E-state index < -0.39 is 6.10 Å². The van der Waals surface area contributed by atoms with Crippen molar-refractivity contribution in [3.05, 3.63) is 46.5 Å². The van der Waals surface area contributed by atoms with Crippen molar-refractivity contribution in [2.75, 3.05) is 11.9 Å². The number of carbonyl (C=O) groups is 1. The highest BCUT2D eigenvalue weighted by atomic mass is 32.1. The summed E-state index contributed by atoms with van der Waals surface area (Å²) >= 11 is 1.39. The highest BCUT2D eigenvalue weighted by molar-refractivity contribution is 7.13. The maximum Gasteiger partial charge on any atom is 0.321 e. The normalized spacial score (nSPS) is 12.0. The zero-order chi connectivity index (χ0) is 15.2. The van der Waals surface area contributed by atoms with Crippen LogP contribution < -0.4 is 10.6 Å². The Morgan fingerprint density at radius 1 is 1.43 bits per heavy atom. The molecule has 1 unspecified atom stereocenters. The Morgan fingerprint density at radius 2 is 2.19 bits per heavy atom. The largest absolute Gasteiger partial charge is 0.387 e. The van der Waals surface area contributed by atoms with Gasteiger partial charge in [-0.2, -0.15) is 0 Å². The van der Waals surface area contributed by atoms with Crippen LogP contribution in [-0.2, 0) is 6.42 Å². The van der Waals surface area contributed by atoms with Gasteiger partial charge in [-0.25, -0.2) is 9.78 Å². The summed E-state index contributed by atoms with van der Waals surface area (Å²) in [6.07, 6.45) is 0.116. The van der Waals surface area contributed by atoms with Crippen molar-refractivity contribution < 1.29 is 9.90 Å². The number of amides is 2. The van der Waals surface area contributed by atoms with E-state index in [9.17, 15) is 9.90 Å². The average molecular weight is 305 g/mol. The van der Waals surface area contributed by atoms with Crippen molar-refractivity contribution in [2.24, 2.45) is 0 Å². The van der Waals surface area contributed by atoms with Crippen LogP contribution in [0.5, 0.6) is 0 Å². The molecule has 2 rings (SSSR count). The van der Waals surface area contributed by atoms with Crippen molar-refractivity contribution in [1.82, 2.24) is 10.3 Å². The summed E-state index contributed by atoms with van der Waals surface area (Å²) < 4.78 is 0. The first kappa shape index (κ1) is 15.5. The number of anilines is 1. The third-order valence-corrected chi connectivity index (χ3v) is 3.94. The molecule has 21 heavy (non-hydrogen) atoms. The summed E-state index contributed by atoms with van der Waals surface area (Å²) in [5, 5.41) is 17.9. The summed E-state index contributed by atoms with van der Waals surface area (Å²) in [5.74, 6) is 0. The lowest BCUT2D eigenvalue weighted by Gasteiger charge is -2.14. The third-order valence-electron chi connectivity index (χ3n) is 3.14. The van der Waals surface area contributed by atoms with Crippen LogP contribution in [0.1, 0.15) is 29.8 Å². The van der Waals surface area contributed by atoms with Gasteiger partial charge < -0.3 is 10.4 Å². The van der Waals surface area contributed by atoms with Crippen molar-refractivity contribution in [3.63, 3.8) is 0 Å². The first-order valence-corrected chi connectivity index (χ1v) is 7.71. The molecule has 112 valence electrons. The zero-order valence-corrected chi connectivity index (χ0v) is 12.9. The van der Waals surface area contributed by atoms with Crippen molar-refractivity contribution >= 4 is 22.5 Å². The van der Waals surface area contributed by atoms with Gasteiger partial charge in [0.25, 0.3) is 0 Å². The van der Waals surface area contributed by atoms with Gasteiger partial charge in [-0.15, -0.1) is 11.3 Å². The fourth-order valence-corrected chi connectivity index (χ4v) is 2.72. The quantitative estimate of drug-likeness (QED) is 0.795. The molecule has 0 bridgehead atoms. The number of aliphatic hydroxyl groups is 1. The van der Waals surface area contributed by atoms with Crippen LogP contribution in [0.25, 0.3) is 0 Å². The van der Waals surface area contributed by atoms with Crippen LogP contribution in [0.15, 0.2) is 29.6 Å². The molecule has 0 aliphatic heterocycles. The van der Waals surface area contributed by atoms with Crippen LogP contribution in [0.3, 0.4) is 0 Å². The minimum absolute atomic E-state index is 0.155. The topological polar surface area (TPSA) is 74.2 Å². The number of nitrogens with zero attached hydrogens (tertiary/aromatic N) is 1. The van der Waals surface area contributed by atoms with Gasteiger partial charge in [0.05, 0.1) is 11.8 Å². The van der Waals surface area contributed by atoms with E-state index in [1.54, 1.807) is 0 Å². The van der Waals surface area contributed by atoms with Gasteiger partial charge in [0.2, 0.25) is 0 Å². The van der Waals surface area contributed by atoms with Gasteiger partial charge in [-0.1, -0.05) is 31.2 Å². The molecule has 1 aromatic carbocycles. The number of hydrogen-bond acceptors (Lipinski definition) is 4. The lowest BCUT2D eigenvalue weighted by Crippen LogP contribution is -2.32. The number of urea groups is 1. The minimum atomic E-state index is -0.723. The van der Waals surface area contributed by atoms with E-state index in [4.69, 9.17) is 0 Å². The molecule has 2 aromatic rings. The molecule has 0 spiro atoms. The minimum Gasteiger partial charge on any atom is -0.387 e. The van der Waals surface area contributed by atoms with Gasteiger partial charge in [-0.3, -0.25) is 5.32 Å². The standard InChI is InChI=1S/C15H19N3O2S/c1-3-11-9-21-15(17-11)18-14(20)16-8-13(19)12-7-5-4-6-10(12)2/h4-7,9,13,19H,3,8H2,1-2H3,(H2,16,17,18,20). The van der Waals surface area contributed by atoms with Crippen LogP contribution in [-0.4, -0.2) is 22.7 Å². The molecule has 0 aliphatic carbocycles. The summed E-state index contributed by atoms with van der Waals surface area (Å²) in [5.41, 5.74) is 2.77. The van der Waals surface area contributed by atoms with E-state index in [0.717, 1.165) is 23.2 Å². The predicted molar refractivity (Wildman–Crippen MR) is 84.7 cm³/mol. The molecule has 2 amide bonds. The van der Waals surface area contributed by atoms with E-state index in [-0.39, 0.29) is 12.6 Å². The number of nitrogens with one attached hydrogen (secondary N) is 2. The second-order valence-electron chi connectivity index (χ2n) is 4.70. The highest BCUT2D eigenvalue weighted by Gasteiger charge is 2.12. The number of aromatic nitrogens is 1. The summed E-state index contributed by atoms with van der Waals surface area (Å²) in [4.78, 5) is 16.0. The van der Waals surface area contributed by atoms with Crippen molar-refractivity contribution in [3.8, 4) is 0 Å². The van der Waals surface area contributed by atoms with E-state index in [2.05, 4.69) is 15.6 Å². The number of aryl methyl sites for hydroxylation is 2. The molecule has 6 heteroatoms. The summed E-state index contributed by atoms with van der Waals surface area (Å²) in [6, 6.07) is 7.21. The van der Waals surface area contributed by atoms with Gasteiger partial charge >= 0.3 is 6.03 Å². The highest BCUT2D eigenvalue weighted by Crippen LogP contribution is 2.17. The molecular formula is C15H19N3O2S. The molecule has 1 heterocycles. The molecule has 1 atom stereocenters. The average Bonchev–Trinajstić information content (AvgIpc) is 2.93. The number of hydrogen-bond donors (Lipinski definition) is 3. The first-order valence-electron chi connectivity index (χ1n) is 6.83. The number of thiazole rings is 1. The first-order chi connectivity index (χ1) is 10.1. The second-order valence-corrected chi connectivity index (χ2v) is 5.56. The Hall–Kier alpha value is -1.92. The van der Waals surface area contributed by atoms with E-state index in [0.29, 0.717) is 5.13 Å². The molecule has 0 saturated carbocycles. The lowest BCUT2D eigenvalue weighted by atomic mass is 10.0. The summed E-state index contributed by atoms with van der Waals surface area (Å²) in [6.45, 7) is 4.10. The van der Waals surface area contributed by atoms with E-state index in [1.807, 2.05) is 43.5 Å². The smallest absolute Gasteiger partial charge is 0.321 e. The molecule has 0 saturated heterocycles. The van der Waals surface area contributed by atoms with Gasteiger partial charge in [0, 0.05) is 11.9 Å². The molecule has 0 aliphatic rings. The van der Waals surface area contributed by atoms with Crippen molar-refractivity contribution in [1.29, 1.82) is 0 Å². The van der Waals surface area contributed by atoms with Crippen LogP contribution >= 0.6 is 11.3 Å². The maximum absolute atomic E-state index is 11.8. The number of carbonyl (C=O) groups excluding carboxylic acids is 1. The number of benzene rings is 1. The summed E-state index contributed by atoms with van der Waals surface area (Å²) in [7, 11) is 0. The van der Waals surface area contributed by atoms with Gasteiger partial charge in [0.15, 0.2) is 5.13 Å². The number of aliphatic hydroxyl groups excluding tert-OH is 1.